The van der Waals surface area contributed by atoms with Gasteiger partial charge in [0, 0.05) is 43.9 Å². The summed E-state index contributed by atoms with van der Waals surface area (Å²) in [5, 5.41) is 4.48. The van der Waals surface area contributed by atoms with Gasteiger partial charge in [-0.1, -0.05) is 12.1 Å². The van der Waals surface area contributed by atoms with Gasteiger partial charge in [-0.05, 0) is 56.9 Å². The van der Waals surface area contributed by atoms with Crippen molar-refractivity contribution < 1.29 is 4.79 Å². The fourth-order valence-corrected chi connectivity index (χ4v) is 3.93. The zero-order chi connectivity index (χ0) is 19.8. The monoisotopic (exact) mass is 380 g/mol. The summed E-state index contributed by atoms with van der Waals surface area (Å²) in [6.45, 7) is 8.97. The lowest BCUT2D eigenvalue weighted by atomic mass is 10.1. The summed E-state index contributed by atoms with van der Waals surface area (Å²) in [6.07, 6.45) is 2.24. The van der Waals surface area contributed by atoms with Gasteiger partial charge in [0.25, 0.3) is 5.56 Å². The maximum atomic E-state index is 13.0. The summed E-state index contributed by atoms with van der Waals surface area (Å²) < 4.78 is 1.37. The molecule has 2 fully saturated rings. The SMILES string of the molecule is Cc1cccc(N2CCN(C(=O)C(C)n3nc(C4CC4)ccc3=O)CC2)c1C. The molecule has 28 heavy (non-hydrogen) atoms. The second-order valence-electron chi connectivity index (χ2n) is 8.02. The first kappa shape index (κ1) is 18.7. The van der Waals surface area contributed by atoms with Crippen LogP contribution in [-0.2, 0) is 4.79 Å². The number of amides is 1. The van der Waals surface area contributed by atoms with Gasteiger partial charge in [0.2, 0.25) is 5.91 Å². The Bertz CT molecular complexity index is 940. The molecule has 1 amide bonds. The van der Waals surface area contributed by atoms with E-state index >= 15 is 0 Å². The minimum atomic E-state index is -0.571. The molecule has 6 nitrogen and oxygen atoms in total. The highest BCUT2D eigenvalue weighted by molar-refractivity contribution is 5.80. The smallest absolute Gasteiger partial charge is 0.267 e. The van der Waals surface area contributed by atoms with Gasteiger partial charge in [-0.3, -0.25) is 9.59 Å². The van der Waals surface area contributed by atoms with Gasteiger partial charge in [-0.15, -0.1) is 0 Å². The largest absolute Gasteiger partial charge is 0.368 e. The van der Waals surface area contributed by atoms with Crippen molar-refractivity contribution in [2.24, 2.45) is 0 Å². The molecule has 1 aromatic carbocycles. The van der Waals surface area contributed by atoms with E-state index in [0.717, 1.165) is 31.6 Å². The van der Waals surface area contributed by atoms with Gasteiger partial charge >= 0.3 is 0 Å². The van der Waals surface area contributed by atoms with Crippen molar-refractivity contribution in [1.82, 2.24) is 14.7 Å². The predicted molar refractivity (Wildman–Crippen MR) is 110 cm³/mol. The Morgan fingerprint density at radius 2 is 1.79 bits per heavy atom. The number of aryl methyl sites for hydroxylation is 1. The number of anilines is 1. The van der Waals surface area contributed by atoms with Crippen LogP contribution in [0.4, 0.5) is 5.69 Å². The summed E-state index contributed by atoms with van der Waals surface area (Å²) in [5.41, 5.74) is 4.54. The van der Waals surface area contributed by atoms with Crippen LogP contribution in [0.1, 0.15) is 48.5 Å². The first-order valence-electron chi connectivity index (χ1n) is 10.2. The molecule has 1 saturated carbocycles. The summed E-state index contributed by atoms with van der Waals surface area (Å²) in [6, 6.07) is 9.14. The van der Waals surface area contributed by atoms with Crippen LogP contribution in [0.3, 0.4) is 0 Å². The van der Waals surface area contributed by atoms with Crippen molar-refractivity contribution >= 4 is 11.6 Å². The molecule has 2 aromatic rings. The van der Waals surface area contributed by atoms with Crippen LogP contribution < -0.4 is 10.5 Å². The van der Waals surface area contributed by atoms with Gasteiger partial charge in [0.05, 0.1) is 5.69 Å². The Kier molecular flexibility index (Phi) is 4.96. The molecule has 0 bridgehead atoms. The molecular weight excluding hydrogens is 352 g/mol. The van der Waals surface area contributed by atoms with E-state index in [1.54, 1.807) is 19.1 Å². The van der Waals surface area contributed by atoms with Crippen LogP contribution in [0.25, 0.3) is 0 Å². The van der Waals surface area contributed by atoms with Crippen molar-refractivity contribution in [3.8, 4) is 0 Å². The van der Waals surface area contributed by atoms with E-state index in [-0.39, 0.29) is 11.5 Å². The minimum Gasteiger partial charge on any atom is -0.368 e. The molecular formula is C22H28N4O2. The van der Waals surface area contributed by atoms with Gasteiger partial charge in [0.1, 0.15) is 6.04 Å². The number of hydrogen-bond acceptors (Lipinski definition) is 4. The van der Waals surface area contributed by atoms with Crippen LogP contribution in [0.5, 0.6) is 0 Å². The predicted octanol–water partition coefficient (Wildman–Crippen LogP) is 2.65. The third-order valence-electron chi connectivity index (χ3n) is 6.07. The Morgan fingerprint density at radius 3 is 2.46 bits per heavy atom. The van der Waals surface area contributed by atoms with E-state index in [1.165, 1.54) is 21.5 Å². The molecule has 1 aromatic heterocycles. The van der Waals surface area contributed by atoms with E-state index in [9.17, 15) is 9.59 Å². The Morgan fingerprint density at radius 1 is 1.07 bits per heavy atom. The Labute approximate surface area is 165 Å². The molecule has 0 spiro atoms. The van der Waals surface area contributed by atoms with Crippen LogP contribution >= 0.6 is 0 Å². The minimum absolute atomic E-state index is 0.0249. The van der Waals surface area contributed by atoms with Crippen molar-refractivity contribution in [2.75, 3.05) is 31.1 Å². The third-order valence-corrected chi connectivity index (χ3v) is 6.07. The van der Waals surface area contributed by atoms with Gasteiger partial charge < -0.3 is 9.80 Å². The number of carbonyl (C=O) groups is 1. The lowest BCUT2D eigenvalue weighted by molar-refractivity contribution is -0.135. The van der Waals surface area contributed by atoms with E-state index in [2.05, 4.69) is 42.0 Å². The van der Waals surface area contributed by atoms with Crippen LogP contribution in [-0.4, -0.2) is 46.8 Å². The van der Waals surface area contributed by atoms with Crippen molar-refractivity contribution in [3.05, 3.63) is 57.5 Å². The molecule has 0 N–H and O–H groups in total. The number of benzene rings is 1. The fourth-order valence-electron chi connectivity index (χ4n) is 3.93. The zero-order valence-electron chi connectivity index (χ0n) is 16.9. The second-order valence-corrected chi connectivity index (χ2v) is 8.02. The Hall–Kier alpha value is -2.63. The number of nitrogens with zero attached hydrogens (tertiary/aromatic N) is 4. The van der Waals surface area contributed by atoms with E-state index in [0.29, 0.717) is 19.0 Å². The maximum Gasteiger partial charge on any atom is 0.267 e. The highest BCUT2D eigenvalue weighted by atomic mass is 16.2. The van der Waals surface area contributed by atoms with Crippen molar-refractivity contribution in [2.45, 2.75) is 45.6 Å². The quantitative estimate of drug-likeness (QED) is 0.818. The van der Waals surface area contributed by atoms with Crippen molar-refractivity contribution in [3.63, 3.8) is 0 Å². The summed E-state index contributed by atoms with van der Waals surface area (Å²) >= 11 is 0. The highest BCUT2D eigenvalue weighted by Crippen LogP contribution is 2.38. The molecule has 2 aliphatic rings. The number of piperazine rings is 1. The van der Waals surface area contributed by atoms with Gasteiger partial charge in [-0.25, -0.2) is 4.68 Å². The molecule has 6 heteroatoms. The van der Waals surface area contributed by atoms with E-state index in [1.807, 2.05) is 4.90 Å². The first-order valence-corrected chi connectivity index (χ1v) is 10.2. The summed E-state index contributed by atoms with van der Waals surface area (Å²) in [4.78, 5) is 29.5. The second kappa shape index (κ2) is 7.41. The van der Waals surface area contributed by atoms with Crippen LogP contribution in [0.2, 0.25) is 0 Å². The topological polar surface area (TPSA) is 58.4 Å². The van der Waals surface area contributed by atoms with Crippen LogP contribution in [0.15, 0.2) is 35.1 Å². The molecule has 2 heterocycles. The van der Waals surface area contributed by atoms with Crippen molar-refractivity contribution in [1.29, 1.82) is 0 Å². The van der Waals surface area contributed by atoms with E-state index in [4.69, 9.17) is 0 Å². The number of rotatable bonds is 4. The van der Waals surface area contributed by atoms with E-state index < -0.39 is 6.04 Å². The molecule has 1 saturated heterocycles. The highest BCUT2D eigenvalue weighted by Gasteiger charge is 2.30. The first-order chi connectivity index (χ1) is 13.5. The fraction of sp³-hybridized carbons (Fsp3) is 0.500. The summed E-state index contributed by atoms with van der Waals surface area (Å²) in [5.74, 6) is 0.429. The number of aromatic nitrogens is 2. The van der Waals surface area contributed by atoms with Crippen LogP contribution in [0, 0.1) is 13.8 Å². The molecule has 1 aliphatic heterocycles. The number of carbonyl (C=O) groups excluding carboxylic acids is 1. The molecule has 0 radical (unpaired) electrons. The molecule has 1 aliphatic carbocycles. The molecule has 4 rings (SSSR count). The Balaban J connectivity index is 1.44. The summed E-state index contributed by atoms with van der Waals surface area (Å²) in [7, 11) is 0. The standard InChI is InChI=1S/C22H28N4O2/c1-15-5-4-6-20(16(15)2)24-11-13-25(14-12-24)22(28)17(3)26-21(27)10-9-19(23-26)18-7-8-18/h4-6,9-10,17-18H,7-8,11-14H2,1-3H3. The lowest BCUT2D eigenvalue weighted by Gasteiger charge is -2.38. The van der Waals surface area contributed by atoms with Gasteiger partial charge in [-0.2, -0.15) is 5.10 Å². The average Bonchev–Trinajstić information content (AvgIpc) is 3.55. The normalized spacial score (nSPS) is 18.2. The number of hydrogen-bond donors (Lipinski definition) is 0. The zero-order valence-corrected chi connectivity index (χ0v) is 16.9. The third kappa shape index (κ3) is 3.55. The lowest BCUT2D eigenvalue weighted by Crippen LogP contribution is -2.51. The maximum absolute atomic E-state index is 13.0. The van der Waals surface area contributed by atoms with Gasteiger partial charge in [0.15, 0.2) is 0 Å². The average molecular weight is 380 g/mol. The molecule has 1 unspecified atom stereocenters. The molecule has 1 atom stereocenters. The molecule has 148 valence electrons.